The zero-order chi connectivity index (χ0) is 18.3. The predicted molar refractivity (Wildman–Crippen MR) is 99.2 cm³/mol. The van der Waals surface area contributed by atoms with Crippen LogP contribution in [0.15, 0.2) is 18.2 Å². The minimum Gasteiger partial charge on any atom is -0.355 e. The van der Waals surface area contributed by atoms with Crippen LogP contribution in [0.3, 0.4) is 0 Å². The summed E-state index contributed by atoms with van der Waals surface area (Å²) in [4.78, 5) is 13.8. The molecule has 1 aromatic carbocycles. The number of anilines is 1. The van der Waals surface area contributed by atoms with E-state index in [0.29, 0.717) is 23.7 Å². The molecule has 0 heterocycles. The van der Waals surface area contributed by atoms with E-state index in [-0.39, 0.29) is 18.9 Å². The lowest BCUT2D eigenvalue weighted by molar-refractivity contribution is -0.121. The smallest absolute Gasteiger partial charge is 0.232 e. The van der Waals surface area contributed by atoms with E-state index in [4.69, 9.17) is 11.6 Å². The molecule has 1 rings (SSSR count). The molecule has 8 heteroatoms. The van der Waals surface area contributed by atoms with E-state index in [1.54, 1.807) is 18.2 Å². The lowest BCUT2D eigenvalue weighted by Crippen LogP contribution is -2.34. The predicted octanol–water partition coefficient (Wildman–Crippen LogP) is 1.87. The van der Waals surface area contributed by atoms with E-state index in [9.17, 15) is 13.2 Å². The Kier molecular flexibility index (Phi) is 7.99. The molecule has 0 radical (unpaired) electrons. The van der Waals surface area contributed by atoms with Crippen molar-refractivity contribution < 1.29 is 13.2 Å². The molecule has 0 atom stereocenters. The highest BCUT2D eigenvalue weighted by Crippen LogP contribution is 2.26. The maximum absolute atomic E-state index is 12.1. The third kappa shape index (κ3) is 7.07. The van der Waals surface area contributed by atoms with Gasteiger partial charge < -0.3 is 10.2 Å². The van der Waals surface area contributed by atoms with Crippen molar-refractivity contribution in [2.24, 2.45) is 0 Å². The molecule has 0 aliphatic rings. The molecule has 6 nitrogen and oxygen atoms in total. The number of nitrogens with zero attached hydrogens (tertiary/aromatic N) is 2. The molecule has 0 saturated carbocycles. The van der Waals surface area contributed by atoms with Crippen LogP contribution in [0, 0.1) is 6.92 Å². The second kappa shape index (κ2) is 9.25. The highest BCUT2D eigenvalue weighted by atomic mass is 35.5. The minimum atomic E-state index is -3.45. The van der Waals surface area contributed by atoms with Gasteiger partial charge in [-0.05, 0) is 45.1 Å². The van der Waals surface area contributed by atoms with Gasteiger partial charge in [0, 0.05) is 31.1 Å². The molecule has 24 heavy (non-hydrogen) atoms. The second-order valence-electron chi connectivity index (χ2n) is 6.02. The van der Waals surface area contributed by atoms with Gasteiger partial charge in [0.15, 0.2) is 0 Å². The van der Waals surface area contributed by atoms with E-state index in [2.05, 4.69) is 5.32 Å². The number of rotatable bonds is 9. The van der Waals surface area contributed by atoms with E-state index in [1.807, 2.05) is 25.9 Å². The summed E-state index contributed by atoms with van der Waals surface area (Å²) in [5.74, 6) is -0.0758. The molecule has 0 aromatic heterocycles. The number of carbonyl (C=O) groups excluding carboxylic acids is 1. The number of halogens is 1. The van der Waals surface area contributed by atoms with E-state index in [1.165, 1.54) is 4.31 Å². The van der Waals surface area contributed by atoms with Crippen LogP contribution in [0.4, 0.5) is 5.69 Å². The topological polar surface area (TPSA) is 69.7 Å². The lowest BCUT2D eigenvalue weighted by atomic mass is 10.2. The summed E-state index contributed by atoms with van der Waals surface area (Å²) in [5.41, 5.74) is 1.37. The van der Waals surface area contributed by atoms with Crippen molar-refractivity contribution >= 4 is 33.2 Å². The first-order valence-corrected chi connectivity index (χ1v) is 9.99. The summed E-state index contributed by atoms with van der Waals surface area (Å²) in [7, 11) is 0.421. The van der Waals surface area contributed by atoms with Gasteiger partial charge in [0.05, 0.1) is 11.9 Å². The van der Waals surface area contributed by atoms with Crippen LogP contribution in [0.25, 0.3) is 0 Å². The maximum Gasteiger partial charge on any atom is 0.232 e. The number of likely N-dealkylation sites (N-methyl/N-ethyl adjacent to an activating group) is 1. The molecule has 1 N–H and O–H groups in total. The monoisotopic (exact) mass is 375 g/mol. The summed E-state index contributed by atoms with van der Waals surface area (Å²) in [6, 6.07) is 5.14. The van der Waals surface area contributed by atoms with Crippen LogP contribution in [-0.4, -0.2) is 59.2 Å². The van der Waals surface area contributed by atoms with Crippen molar-refractivity contribution in [3.63, 3.8) is 0 Å². The Bertz CT molecular complexity index is 663. The summed E-state index contributed by atoms with van der Waals surface area (Å²) >= 11 is 5.99. The normalized spacial score (nSPS) is 11.6. The van der Waals surface area contributed by atoms with E-state index >= 15 is 0 Å². The molecule has 0 unspecified atom stereocenters. The van der Waals surface area contributed by atoms with Crippen molar-refractivity contribution in [2.75, 3.05) is 44.3 Å². The number of aryl methyl sites for hydroxylation is 1. The van der Waals surface area contributed by atoms with E-state index in [0.717, 1.165) is 18.4 Å². The molecule has 0 spiro atoms. The molecule has 1 amide bonds. The molecule has 0 saturated heterocycles. The fourth-order valence-corrected chi connectivity index (χ4v) is 3.39. The maximum atomic E-state index is 12.1. The molecule has 136 valence electrons. The summed E-state index contributed by atoms with van der Waals surface area (Å²) in [6.07, 6.45) is 1.87. The molecule has 0 bridgehead atoms. The number of nitrogens with one attached hydrogen (secondary N) is 1. The molecule has 0 fully saturated rings. The van der Waals surface area contributed by atoms with Crippen molar-refractivity contribution in [2.45, 2.75) is 19.8 Å². The summed E-state index contributed by atoms with van der Waals surface area (Å²) in [6.45, 7) is 3.41. The SMILES string of the molecule is Cc1ccc(Cl)cc1N(CCCC(=O)NCCN(C)C)S(C)(=O)=O. The number of amides is 1. The Morgan fingerprint density at radius 2 is 1.92 bits per heavy atom. The fourth-order valence-electron chi connectivity index (χ4n) is 2.21. The van der Waals surface area contributed by atoms with Gasteiger partial charge in [0.25, 0.3) is 0 Å². The fraction of sp³-hybridized carbons (Fsp3) is 0.562. The van der Waals surface area contributed by atoms with Crippen LogP contribution in [0.5, 0.6) is 0 Å². The van der Waals surface area contributed by atoms with E-state index < -0.39 is 10.0 Å². The van der Waals surface area contributed by atoms with Gasteiger partial charge in [-0.25, -0.2) is 8.42 Å². The first-order chi connectivity index (χ1) is 11.1. The molecule has 1 aromatic rings. The number of hydrogen-bond donors (Lipinski definition) is 1. The number of hydrogen-bond acceptors (Lipinski definition) is 4. The third-order valence-electron chi connectivity index (χ3n) is 3.49. The Morgan fingerprint density at radius 1 is 1.25 bits per heavy atom. The van der Waals surface area contributed by atoms with Gasteiger partial charge in [-0.2, -0.15) is 0 Å². The zero-order valence-corrected chi connectivity index (χ0v) is 16.2. The first-order valence-electron chi connectivity index (χ1n) is 7.76. The Morgan fingerprint density at radius 3 is 2.50 bits per heavy atom. The van der Waals surface area contributed by atoms with Crippen molar-refractivity contribution in [1.29, 1.82) is 0 Å². The van der Waals surface area contributed by atoms with Crippen molar-refractivity contribution in [3.8, 4) is 0 Å². The number of sulfonamides is 1. The average molecular weight is 376 g/mol. The largest absolute Gasteiger partial charge is 0.355 e. The number of benzene rings is 1. The minimum absolute atomic E-state index is 0.0758. The Labute approximate surface area is 149 Å². The molecule has 0 aliphatic carbocycles. The van der Waals surface area contributed by atoms with Crippen LogP contribution in [0.1, 0.15) is 18.4 Å². The lowest BCUT2D eigenvalue weighted by Gasteiger charge is -2.24. The van der Waals surface area contributed by atoms with Crippen LogP contribution in [0.2, 0.25) is 5.02 Å². The van der Waals surface area contributed by atoms with Gasteiger partial charge in [0.1, 0.15) is 0 Å². The van der Waals surface area contributed by atoms with Crippen LogP contribution < -0.4 is 9.62 Å². The standard InChI is InChI=1S/C16H26ClN3O3S/c1-13-7-8-14(17)12-15(13)20(24(4,22)23)10-5-6-16(21)18-9-11-19(2)3/h7-8,12H,5-6,9-11H2,1-4H3,(H,18,21). The van der Waals surface area contributed by atoms with Gasteiger partial charge >= 0.3 is 0 Å². The molecular weight excluding hydrogens is 350 g/mol. The van der Waals surface area contributed by atoms with Gasteiger partial charge in [-0.3, -0.25) is 9.10 Å². The van der Waals surface area contributed by atoms with Crippen molar-refractivity contribution in [3.05, 3.63) is 28.8 Å². The highest BCUT2D eigenvalue weighted by molar-refractivity contribution is 7.92. The molecule has 0 aliphatic heterocycles. The van der Waals surface area contributed by atoms with Crippen LogP contribution in [-0.2, 0) is 14.8 Å². The Hall–Kier alpha value is -1.31. The molecular formula is C16H26ClN3O3S. The Balaban J connectivity index is 2.66. The zero-order valence-electron chi connectivity index (χ0n) is 14.7. The third-order valence-corrected chi connectivity index (χ3v) is 4.90. The summed E-state index contributed by atoms with van der Waals surface area (Å²) in [5, 5.41) is 3.29. The van der Waals surface area contributed by atoms with Gasteiger partial charge in [-0.1, -0.05) is 17.7 Å². The summed E-state index contributed by atoms with van der Waals surface area (Å²) < 4.78 is 25.5. The van der Waals surface area contributed by atoms with Gasteiger partial charge in [-0.15, -0.1) is 0 Å². The highest BCUT2D eigenvalue weighted by Gasteiger charge is 2.19. The van der Waals surface area contributed by atoms with Crippen LogP contribution >= 0.6 is 11.6 Å². The van der Waals surface area contributed by atoms with Crippen molar-refractivity contribution in [1.82, 2.24) is 10.2 Å². The average Bonchev–Trinajstić information content (AvgIpc) is 2.45. The quantitative estimate of drug-likeness (QED) is 0.715. The van der Waals surface area contributed by atoms with Gasteiger partial charge in [0.2, 0.25) is 15.9 Å². The first kappa shape index (κ1) is 20.7. The second-order valence-corrected chi connectivity index (χ2v) is 8.37. The number of carbonyl (C=O) groups is 1.